The molecule has 1 fully saturated rings. The minimum Gasteiger partial charge on any atom is -0.356 e. The molecule has 0 bridgehead atoms. The smallest absolute Gasteiger partial charge is 0.223 e. The summed E-state index contributed by atoms with van der Waals surface area (Å²) >= 11 is 0. The number of aromatic nitrogens is 2. The van der Waals surface area contributed by atoms with Gasteiger partial charge >= 0.3 is 0 Å². The molecule has 0 atom stereocenters. The van der Waals surface area contributed by atoms with Crippen LogP contribution in [0.3, 0.4) is 0 Å². The molecule has 3 rings (SSSR count). The zero-order valence-electron chi connectivity index (χ0n) is 16.6. The molecule has 0 radical (unpaired) electrons. The van der Waals surface area contributed by atoms with Gasteiger partial charge in [0.15, 0.2) is 5.82 Å². The first-order chi connectivity index (χ1) is 13.0. The fourth-order valence-electron chi connectivity index (χ4n) is 3.45. The first-order valence-electron chi connectivity index (χ1n) is 9.96. The summed E-state index contributed by atoms with van der Waals surface area (Å²) in [7, 11) is 0. The summed E-state index contributed by atoms with van der Waals surface area (Å²) in [4.78, 5) is 14.5. The first kappa shape index (κ1) is 19.3. The van der Waals surface area contributed by atoms with Gasteiger partial charge in [-0.2, -0.15) is 0 Å². The van der Waals surface area contributed by atoms with Crippen LogP contribution in [-0.4, -0.2) is 35.7 Å². The molecule has 0 saturated carbocycles. The Morgan fingerprint density at radius 3 is 2.59 bits per heavy atom. The van der Waals surface area contributed by atoms with E-state index in [1.807, 2.05) is 18.2 Å². The van der Waals surface area contributed by atoms with Gasteiger partial charge in [0.2, 0.25) is 5.91 Å². The second-order valence-electron chi connectivity index (χ2n) is 7.88. The highest BCUT2D eigenvalue weighted by Gasteiger charge is 2.25. The van der Waals surface area contributed by atoms with Crippen molar-refractivity contribution in [3.8, 4) is 11.3 Å². The number of anilines is 1. The number of carbonyl (C=O) groups excluding carboxylic acids is 1. The Morgan fingerprint density at radius 2 is 1.96 bits per heavy atom. The van der Waals surface area contributed by atoms with Gasteiger partial charge in [-0.1, -0.05) is 37.6 Å². The number of amides is 1. The molecule has 2 heterocycles. The zero-order chi connectivity index (χ0) is 19.2. The second-order valence-corrected chi connectivity index (χ2v) is 7.88. The monoisotopic (exact) mass is 366 g/mol. The van der Waals surface area contributed by atoms with Crippen LogP contribution in [0.1, 0.15) is 38.7 Å². The summed E-state index contributed by atoms with van der Waals surface area (Å²) in [6, 6.07) is 12.4. The van der Waals surface area contributed by atoms with E-state index in [1.54, 1.807) is 0 Å². The van der Waals surface area contributed by atoms with Gasteiger partial charge < -0.3 is 10.2 Å². The van der Waals surface area contributed by atoms with Crippen molar-refractivity contribution < 1.29 is 4.79 Å². The summed E-state index contributed by atoms with van der Waals surface area (Å²) < 4.78 is 0. The van der Waals surface area contributed by atoms with Gasteiger partial charge in [-0.25, -0.2) is 0 Å². The van der Waals surface area contributed by atoms with Crippen molar-refractivity contribution in [2.45, 2.75) is 40.0 Å². The second kappa shape index (κ2) is 8.98. The lowest BCUT2D eigenvalue weighted by atomic mass is 9.95. The standard InChI is InChI=1S/C22H30N4O/c1-16(2)9-12-23-22(27)18-10-13-26(14-11-18)21-8-7-20(24-25-21)19-6-4-5-17(3)15-19/h4-8,15-16,18H,9-14H2,1-3H3,(H,23,27). The molecule has 1 saturated heterocycles. The predicted molar refractivity (Wildman–Crippen MR) is 110 cm³/mol. The molecule has 1 amide bonds. The zero-order valence-corrected chi connectivity index (χ0v) is 16.6. The van der Waals surface area contributed by atoms with E-state index in [0.717, 1.165) is 56.0 Å². The van der Waals surface area contributed by atoms with Crippen molar-refractivity contribution in [3.05, 3.63) is 42.0 Å². The van der Waals surface area contributed by atoms with Crippen LogP contribution in [0, 0.1) is 18.8 Å². The number of nitrogens with one attached hydrogen (secondary N) is 1. The van der Waals surface area contributed by atoms with Crippen LogP contribution in [-0.2, 0) is 4.79 Å². The lowest BCUT2D eigenvalue weighted by Gasteiger charge is -2.31. The summed E-state index contributed by atoms with van der Waals surface area (Å²) in [5.41, 5.74) is 3.19. The third-order valence-corrected chi connectivity index (χ3v) is 5.17. The average Bonchev–Trinajstić information content (AvgIpc) is 2.68. The van der Waals surface area contributed by atoms with E-state index in [-0.39, 0.29) is 11.8 Å². The molecule has 27 heavy (non-hydrogen) atoms. The van der Waals surface area contributed by atoms with Crippen LogP contribution in [0.2, 0.25) is 0 Å². The molecule has 144 valence electrons. The van der Waals surface area contributed by atoms with Crippen molar-refractivity contribution in [2.75, 3.05) is 24.5 Å². The van der Waals surface area contributed by atoms with E-state index >= 15 is 0 Å². The molecular weight excluding hydrogens is 336 g/mol. The highest BCUT2D eigenvalue weighted by Crippen LogP contribution is 2.24. The van der Waals surface area contributed by atoms with Gasteiger partial charge in [0, 0.05) is 31.1 Å². The van der Waals surface area contributed by atoms with Gasteiger partial charge in [0.05, 0.1) is 5.69 Å². The van der Waals surface area contributed by atoms with E-state index in [4.69, 9.17) is 0 Å². The molecule has 1 aromatic heterocycles. The molecule has 0 aliphatic carbocycles. The fourth-order valence-corrected chi connectivity index (χ4v) is 3.45. The molecule has 1 aromatic carbocycles. The lowest BCUT2D eigenvalue weighted by molar-refractivity contribution is -0.125. The van der Waals surface area contributed by atoms with Gasteiger partial charge in [-0.05, 0) is 50.3 Å². The maximum absolute atomic E-state index is 12.3. The molecule has 1 N–H and O–H groups in total. The Kier molecular flexibility index (Phi) is 6.43. The Labute approximate surface area is 162 Å². The van der Waals surface area contributed by atoms with E-state index in [0.29, 0.717) is 5.92 Å². The van der Waals surface area contributed by atoms with Crippen molar-refractivity contribution in [3.63, 3.8) is 0 Å². The first-order valence-corrected chi connectivity index (χ1v) is 9.96. The Hall–Kier alpha value is -2.43. The van der Waals surface area contributed by atoms with Gasteiger partial charge in [-0.15, -0.1) is 10.2 Å². The van der Waals surface area contributed by atoms with Crippen LogP contribution in [0.4, 0.5) is 5.82 Å². The van der Waals surface area contributed by atoms with Gasteiger partial charge in [-0.3, -0.25) is 4.79 Å². The summed E-state index contributed by atoms with van der Waals surface area (Å²) in [6.07, 6.45) is 2.77. The van der Waals surface area contributed by atoms with Gasteiger partial charge in [0.1, 0.15) is 0 Å². The topological polar surface area (TPSA) is 58.1 Å². The predicted octanol–water partition coefficient (Wildman–Crippen LogP) is 3.83. The minimum atomic E-state index is 0.118. The fraction of sp³-hybridized carbons (Fsp3) is 0.500. The number of carbonyl (C=O) groups is 1. The Morgan fingerprint density at radius 1 is 1.19 bits per heavy atom. The number of benzene rings is 1. The molecule has 1 aliphatic rings. The lowest BCUT2D eigenvalue weighted by Crippen LogP contribution is -2.41. The number of hydrogen-bond donors (Lipinski definition) is 1. The number of rotatable bonds is 6. The van der Waals surface area contributed by atoms with E-state index in [2.05, 4.69) is 59.4 Å². The van der Waals surface area contributed by atoms with E-state index in [9.17, 15) is 4.79 Å². The number of piperidine rings is 1. The summed E-state index contributed by atoms with van der Waals surface area (Å²) in [5.74, 6) is 1.84. The van der Waals surface area contributed by atoms with Gasteiger partial charge in [0.25, 0.3) is 0 Å². The molecule has 2 aromatic rings. The molecule has 5 heteroatoms. The number of hydrogen-bond acceptors (Lipinski definition) is 4. The average molecular weight is 367 g/mol. The van der Waals surface area contributed by atoms with Crippen molar-refractivity contribution in [1.29, 1.82) is 0 Å². The minimum absolute atomic E-state index is 0.118. The molecule has 5 nitrogen and oxygen atoms in total. The summed E-state index contributed by atoms with van der Waals surface area (Å²) in [5, 5.41) is 11.9. The molecule has 0 unspecified atom stereocenters. The van der Waals surface area contributed by atoms with Crippen molar-refractivity contribution >= 4 is 11.7 Å². The highest BCUT2D eigenvalue weighted by atomic mass is 16.1. The van der Waals surface area contributed by atoms with E-state index in [1.165, 1.54) is 5.56 Å². The molecule has 1 aliphatic heterocycles. The number of nitrogens with zero attached hydrogens (tertiary/aromatic N) is 3. The highest BCUT2D eigenvalue weighted by molar-refractivity contribution is 5.78. The molecule has 0 spiro atoms. The van der Waals surface area contributed by atoms with Crippen molar-refractivity contribution in [1.82, 2.24) is 15.5 Å². The Balaban J connectivity index is 1.53. The number of aryl methyl sites for hydroxylation is 1. The third kappa shape index (κ3) is 5.28. The summed E-state index contributed by atoms with van der Waals surface area (Å²) in [6.45, 7) is 8.91. The van der Waals surface area contributed by atoms with Crippen molar-refractivity contribution in [2.24, 2.45) is 11.8 Å². The molecular formula is C22H30N4O. The maximum Gasteiger partial charge on any atom is 0.223 e. The normalized spacial score (nSPS) is 15.2. The SMILES string of the molecule is Cc1cccc(-c2ccc(N3CCC(C(=O)NCCC(C)C)CC3)nn2)c1. The van der Waals surface area contributed by atoms with Crippen LogP contribution in [0.25, 0.3) is 11.3 Å². The third-order valence-electron chi connectivity index (χ3n) is 5.17. The van der Waals surface area contributed by atoms with Crippen LogP contribution < -0.4 is 10.2 Å². The largest absolute Gasteiger partial charge is 0.356 e. The quantitative estimate of drug-likeness (QED) is 0.844. The Bertz CT molecular complexity index is 749. The van der Waals surface area contributed by atoms with Crippen LogP contribution >= 0.6 is 0 Å². The van der Waals surface area contributed by atoms with Crippen LogP contribution in [0.15, 0.2) is 36.4 Å². The van der Waals surface area contributed by atoms with E-state index < -0.39 is 0 Å². The van der Waals surface area contributed by atoms with Crippen LogP contribution in [0.5, 0.6) is 0 Å². The maximum atomic E-state index is 12.3.